The summed E-state index contributed by atoms with van der Waals surface area (Å²) < 4.78 is 11.4. The van der Waals surface area contributed by atoms with E-state index < -0.39 is 0 Å². The minimum Gasteiger partial charge on any atom is -0.497 e. The Bertz CT molecular complexity index is 509. The Balaban J connectivity index is 1.81. The van der Waals surface area contributed by atoms with Crippen molar-refractivity contribution in [2.24, 2.45) is 11.8 Å². The van der Waals surface area contributed by atoms with Gasteiger partial charge in [0.05, 0.1) is 12.7 Å². The summed E-state index contributed by atoms with van der Waals surface area (Å²) >= 11 is 0. The van der Waals surface area contributed by atoms with Crippen molar-refractivity contribution in [1.82, 2.24) is 0 Å². The number of hydrogen-bond acceptors (Lipinski definition) is 3. The third kappa shape index (κ3) is 2.54. The van der Waals surface area contributed by atoms with Crippen LogP contribution in [-0.4, -0.2) is 19.0 Å². The van der Waals surface area contributed by atoms with Crippen LogP contribution in [0.1, 0.15) is 49.4 Å². The van der Waals surface area contributed by atoms with Gasteiger partial charge < -0.3 is 9.47 Å². The molecule has 3 heteroatoms. The Hall–Kier alpha value is -1.51. The number of Topliss-reactive ketones (excluding diaryl/α,β-unsaturated/α-hetero) is 1. The lowest BCUT2D eigenvalue weighted by Crippen LogP contribution is -2.36. The van der Waals surface area contributed by atoms with Gasteiger partial charge in [-0.15, -0.1) is 0 Å². The van der Waals surface area contributed by atoms with Gasteiger partial charge in [0.2, 0.25) is 0 Å². The Morgan fingerprint density at radius 2 is 2.15 bits per heavy atom. The standard InChI is InChI=1S/C17H22O3/c1-11-4-3-5-12(8-11)16-10-15(18)14-7-6-13(19-2)9-17(14)20-16/h6-7,9,11-12,16H,3-5,8,10H2,1-2H3. The Labute approximate surface area is 120 Å². The van der Waals surface area contributed by atoms with Gasteiger partial charge in [0.25, 0.3) is 0 Å². The van der Waals surface area contributed by atoms with Crippen molar-refractivity contribution in [3.63, 3.8) is 0 Å². The average Bonchev–Trinajstić information content (AvgIpc) is 2.46. The molecule has 20 heavy (non-hydrogen) atoms. The number of ether oxygens (including phenoxy) is 2. The highest BCUT2D eigenvalue weighted by Crippen LogP contribution is 2.38. The summed E-state index contributed by atoms with van der Waals surface area (Å²) in [4.78, 5) is 12.3. The van der Waals surface area contributed by atoms with Gasteiger partial charge in [-0.05, 0) is 36.8 Å². The minimum atomic E-state index is 0.0462. The summed E-state index contributed by atoms with van der Waals surface area (Å²) in [5.74, 6) is 2.91. The number of hydrogen-bond donors (Lipinski definition) is 0. The summed E-state index contributed by atoms with van der Waals surface area (Å²) in [6.45, 7) is 2.30. The smallest absolute Gasteiger partial charge is 0.170 e. The van der Waals surface area contributed by atoms with Crippen LogP contribution in [0.3, 0.4) is 0 Å². The monoisotopic (exact) mass is 274 g/mol. The number of carbonyl (C=O) groups is 1. The van der Waals surface area contributed by atoms with Crippen molar-refractivity contribution in [3.05, 3.63) is 23.8 Å². The lowest BCUT2D eigenvalue weighted by molar-refractivity contribution is 0.0596. The van der Waals surface area contributed by atoms with Crippen LogP contribution in [0.25, 0.3) is 0 Å². The van der Waals surface area contributed by atoms with Crippen molar-refractivity contribution < 1.29 is 14.3 Å². The van der Waals surface area contributed by atoms with Gasteiger partial charge in [-0.3, -0.25) is 4.79 Å². The first kappa shape index (κ1) is 13.5. The molecule has 0 saturated heterocycles. The van der Waals surface area contributed by atoms with E-state index in [1.165, 1.54) is 25.7 Å². The van der Waals surface area contributed by atoms with Gasteiger partial charge in [0.15, 0.2) is 5.78 Å². The molecule has 0 spiro atoms. The van der Waals surface area contributed by atoms with Gasteiger partial charge in [-0.25, -0.2) is 0 Å². The quantitative estimate of drug-likeness (QED) is 0.821. The number of rotatable bonds is 2. The van der Waals surface area contributed by atoms with Crippen LogP contribution in [0, 0.1) is 11.8 Å². The number of fused-ring (bicyclic) bond motifs is 1. The molecule has 3 atom stereocenters. The number of benzene rings is 1. The summed E-state index contributed by atoms with van der Waals surface area (Å²) in [6, 6.07) is 5.48. The predicted octanol–water partition coefficient (Wildman–Crippen LogP) is 3.86. The second kappa shape index (κ2) is 5.47. The third-order valence-corrected chi connectivity index (χ3v) is 4.66. The van der Waals surface area contributed by atoms with Crippen LogP contribution in [0.5, 0.6) is 11.5 Å². The average molecular weight is 274 g/mol. The van der Waals surface area contributed by atoms with Gasteiger partial charge in [-0.1, -0.05) is 19.8 Å². The molecule has 0 bridgehead atoms. The van der Waals surface area contributed by atoms with Crippen LogP contribution in [-0.2, 0) is 0 Å². The maximum atomic E-state index is 12.3. The zero-order chi connectivity index (χ0) is 14.1. The Morgan fingerprint density at radius 3 is 2.90 bits per heavy atom. The second-order valence-corrected chi connectivity index (χ2v) is 6.18. The number of methoxy groups -OCH3 is 1. The van der Waals surface area contributed by atoms with Crippen LogP contribution < -0.4 is 9.47 Å². The van der Waals surface area contributed by atoms with Crippen LogP contribution >= 0.6 is 0 Å². The van der Waals surface area contributed by atoms with E-state index in [-0.39, 0.29) is 11.9 Å². The molecular formula is C17H22O3. The SMILES string of the molecule is COc1ccc2c(c1)OC(C1CCCC(C)C1)CC2=O. The molecular weight excluding hydrogens is 252 g/mol. The molecule has 0 aromatic heterocycles. The van der Waals surface area contributed by atoms with Crippen molar-refractivity contribution in [1.29, 1.82) is 0 Å². The summed E-state index contributed by atoms with van der Waals surface area (Å²) in [5, 5.41) is 0. The highest BCUT2D eigenvalue weighted by molar-refractivity contribution is 6.00. The fourth-order valence-electron chi connectivity index (χ4n) is 3.54. The highest BCUT2D eigenvalue weighted by atomic mass is 16.5. The first-order valence-electron chi connectivity index (χ1n) is 7.55. The Kier molecular flexibility index (Phi) is 3.68. The van der Waals surface area contributed by atoms with Gasteiger partial charge in [0, 0.05) is 12.5 Å². The number of carbonyl (C=O) groups excluding carboxylic acids is 1. The molecule has 1 aliphatic heterocycles. The topological polar surface area (TPSA) is 35.5 Å². The molecule has 108 valence electrons. The van der Waals surface area contributed by atoms with E-state index in [9.17, 15) is 4.79 Å². The molecule has 0 amide bonds. The lowest BCUT2D eigenvalue weighted by Gasteiger charge is -2.35. The van der Waals surface area contributed by atoms with Gasteiger partial charge in [-0.2, -0.15) is 0 Å². The van der Waals surface area contributed by atoms with Gasteiger partial charge >= 0.3 is 0 Å². The maximum Gasteiger partial charge on any atom is 0.170 e. The summed E-state index contributed by atoms with van der Waals surface area (Å²) in [6.07, 6.45) is 5.49. The lowest BCUT2D eigenvalue weighted by atomic mass is 9.77. The fourth-order valence-corrected chi connectivity index (χ4v) is 3.54. The molecule has 3 unspecified atom stereocenters. The van der Waals surface area contributed by atoms with E-state index in [2.05, 4.69) is 6.92 Å². The van der Waals surface area contributed by atoms with Crippen LogP contribution in [0.15, 0.2) is 18.2 Å². The van der Waals surface area contributed by atoms with Crippen molar-refractivity contribution in [3.8, 4) is 11.5 Å². The van der Waals surface area contributed by atoms with Gasteiger partial charge in [0.1, 0.15) is 17.6 Å². The Morgan fingerprint density at radius 1 is 1.30 bits per heavy atom. The van der Waals surface area contributed by atoms with E-state index in [1.807, 2.05) is 18.2 Å². The van der Waals surface area contributed by atoms with Crippen LogP contribution in [0.2, 0.25) is 0 Å². The third-order valence-electron chi connectivity index (χ3n) is 4.66. The molecule has 1 aromatic carbocycles. The molecule has 2 aliphatic rings. The predicted molar refractivity (Wildman–Crippen MR) is 77.5 cm³/mol. The maximum absolute atomic E-state index is 12.3. The zero-order valence-electron chi connectivity index (χ0n) is 12.2. The minimum absolute atomic E-state index is 0.0462. The van der Waals surface area contributed by atoms with Crippen molar-refractivity contribution in [2.45, 2.75) is 45.1 Å². The summed E-state index contributed by atoms with van der Waals surface area (Å²) in [5.41, 5.74) is 0.700. The van der Waals surface area contributed by atoms with E-state index in [0.29, 0.717) is 23.7 Å². The normalized spacial score (nSPS) is 29.5. The molecule has 1 aromatic rings. The first-order valence-corrected chi connectivity index (χ1v) is 7.55. The molecule has 1 fully saturated rings. The van der Waals surface area contributed by atoms with E-state index in [1.54, 1.807) is 7.11 Å². The van der Waals surface area contributed by atoms with Crippen LogP contribution in [0.4, 0.5) is 0 Å². The highest BCUT2D eigenvalue weighted by Gasteiger charge is 2.34. The second-order valence-electron chi connectivity index (χ2n) is 6.18. The molecule has 1 heterocycles. The molecule has 3 nitrogen and oxygen atoms in total. The van der Waals surface area contributed by atoms with E-state index in [4.69, 9.17) is 9.47 Å². The van der Waals surface area contributed by atoms with E-state index in [0.717, 1.165) is 11.7 Å². The molecule has 3 rings (SSSR count). The van der Waals surface area contributed by atoms with E-state index >= 15 is 0 Å². The fraction of sp³-hybridized carbons (Fsp3) is 0.588. The first-order chi connectivity index (χ1) is 9.67. The largest absolute Gasteiger partial charge is 0.497 e. The number of ketones is 1. The summed E-state index contributed by atoms with van der Waals surface area (Å²) in [7, 11) is 1.63. The molecule has 1 saturated carbocycles. The van der Waals surface area contributed by atoms with Crippen molar-refractivity contribution in [2.75, 3.05) is 7.11 Å². The molecule has 0 N–H and O–H groups in total. The van der Waals surface area contributed by atoms with Crippen molar-refractivity contribution >= 4 is 5.78 Å². The molecule has 0 radical (unpaired) electrons. The molecule has 1 aliphatic carbocycles. The zero-order valence-corrected chi connectivity index (χ0v) is 12.2.